The van der Waals surface area contributed by atoms with Gasteiger partial charge in [-0.15, -0.1) is 11.3 Å². The molecule has 0 saturated carbocycles. The first kappa shape index (κ1) is 14.1. The van der Waals surface area contributed by atoms with Crippen LogP contribution in [0.25, 0.3) is 0 Å². The highest BCUT2D eigenvalue weighted by Gasteiger charge is 2.19. The molecule has 0 fully saturated rings. The smallest absolute Gasteiger partial charge is 0.264 e. The summed E-state index contributed by atoms with van der Waals surface area (Å²) in [6.07, 6.45) is 0. The number of nitrogens with zero attached hydrogens (tertiary/aromatic N) is 1. The van der Waals surface area contributed by atoms with E-state index in [0.29, 0.717) is 10.6 Å². The highest BCUT2D eigenvalue weighted by molar-refractivity contribution is 7.12. The molecule has 0 saturated heterocycles. The lowest BCUT2D eigenvalue weighted by Gasteiger charge is -2.21. The van der Waals surface area contributed by atoms with Gasteiger partial charge in [-0.3, -0.25) is 9.59 Å². The van der Waals surface area contributed by atoms with E-state index in [1.165, 1.54) is 16.2 Å². The third-order valence-electron chi connectivity index (χ3n) is 2.78. The molecule has 0 unspecified atom stereocenters. The van der Waals surface area contributed by atoms with Gasteiger partial charge in [0.2, 0.25) is 5.91 Å². The number of benzene rings is 1. The Kier molecular flexibility index (Phi) is 4.37. The Morgan fingerprint density at radius 2 is 1.90 bits per heavy atom. The number of hydrogen-bond acceptors (Lipinski definition) is 4. The van der Waals surface area contributed by atoms with Gasteiger partial charge in [0.1, 0.15) is 6.54 Å². The summed E-state index contributed by atoms with van der Waals surface area (Å²) in [6.45, 7) is 0.122. The minimum Gasteiger partial charge on any atom is -0.398 e. The van der Waals surface area contributed by atoms with E-state index in [1.54, 1.807) is 18.2 Å². The van der Waals surface area contributed by atoms with Crippen LogP contribution in [-0.2, 0) is 11.3 Å². The number of hydrogen-bond donors (Lipinski definition) is 2. The average molecular weight is 289 g/mol. The van der Waals surface area contributed by atoms with Crippen molar-refractivity contribution in [1.82, 2.24) is 4.90 Å². The van der Waals surface area contributed by atoms with Crippen molar-refractivity contribution in [2.45, 2.75) is 6.54 Å². The van der Waals surface area contributed by atoms with Crippen LogP contribution in [0, 0.1) is 0 Å². The number of carbonyl (C=O) groups is 2. The zero-order valence-electron chi connectivity index (χ0n) is 10.8. The molecular weight excluding hydrogens is 274 g/mol. The summed E-state index contributed by atoms with van der Waals surface area (Å²) >= 11 is 1.33. The standard InChI is InChI=1S/C14H15N3O2S/c15-11-5-2-1-4-10(11)8-17(9-13(16)18)14(19)12-6-3-7-20-12/h1-7H,8-9,15H2,(H2,16,18). The lowest BCUT2D eigenvalue weighted by molar-refractivity contribution is -0.118. The second-order valence-electron chi connectivity index (χ2n) is 4.30. The van der Waals surface area contributed by atoms with Gasteiger partial charge >= 0.3 is 0 Å². The van der Waals surface area contributed by atoms with E-state index in [9.17, 15) is 9.59 Å². The Balaban J connectivity index is 2.22. The van der Waals surface area contributed by atoms with Crippen molar-refractivity contribution in [1.29, 1.82) is 0 Å². The molecule has 0 atom stereocenters. The van der Waals surface area contributed by atoms with Crippen molar-refractivity contribution in [3.8, 4) is 0 Å². The monoisotopic (exact) mass is 289 g/mol. The van der Waals surface area contributed by atoms with Crippen molar-refractivity contribution >= 4 is 28.8 Å². The van der Waals surface area contributed by atoms with E-state index in [4.69, 9.17) is 11.5 Å². The van der Waals surface area contributed by atoms with Gasteiger partial charge in [0.15, 0.2) is 0 Å². The van der Waals surface area contributed by atoms with E-state index in [0.717, 1.165) is 5.56 Å². The summed E-state index contributed by atoms with van der Waals surface area (Å²) in [5.74, 6) is -0.772. The summed E-state index contributed by atoms with van der Waals surface area (Å²) in [5, 5.41) is 1.81. The molecule has 6 heteroatoms. The predicted molar refractivity (Wildman–Crippen MR) is 79.1 cm³/mol. The van der Waals surface area contributed by atoms with Gasteiger partial charge in [0, 0.05) is 12.2 Å². The van der Waals surface area contributed by atoms with Crippen LogP contribution in [0.2, 0.25) is 0 Å². The number of amides is 2. The van der Waals surface area contributed by atoms with E-state index in [-0.39, 0.29) is 19.0 Å². The van der Waals surface area contributed by atoms with Crippen molar-refractivity contribution in [2.75, 3.05) is 12.3 Å². The summed E-state index contributed by atoms with van der Waals surface area (Å²) < 4.78 is 0. The first-order valence-electron chi connectivity index (χ1n) is 6.02. The van der Waals surface area contributed by atoms with Crippen molar-refractivity contribution in [3.05, 3.63) is 52.2 Å². The molecule has 0 bridgehead atoms. The summed E-state index contributed by atoms with van der Waals surface area (Å²) in [6, 6.07) is 10.7. The van der Waals surface area contributed by atoms with E-state index >= 15 is 0 Å². The maximum atomic E-state index is 12.3. The molecule has 1 heterocycles. The molecule has 0 aliphatic carbocycles. The summed E-state index contributed by atoms with van der Waals surface area (Å²) in [4.78, 5) is 25.5. The Morgan fingerprint density at radius 1 is 1.15 bits per heavy atom. The maximum absolute atomic E-state index is 12.3. The van der Waals surface area contributed by atoms with Crippen LogP contribution in [0.1, 0.15) is 15.2 Å². The number of nitrogens with two attached hydrogens (primary N) is 2. The SMILES string of the molecule is NC(=O)CN(Cc1ccccc1N)C(=O)c1cccs1. The molecule has 2 amide bonds. The number of anilines is 1. The molecule has 1 aromatic heterocycles. The molecule has 0 spiro atoms. The van der Waals surface area contributed by atoms with Crippen molar-refractivity contribution < 1.29 is 9.59 Å². The molecule has 4 N–H and O–H groups in total. The predicted octanol–water partition coefficient (Wildman–Crippen LogP) is 1.46. The van der Waals surface area contributed by atoms with Gasteiger partial charge in [-0.25, -0.2) is 0 Å². The Morgan fingerprint density at radius 3 is 2.50 bits per heavy atom. The number of nitrogen functional groups attached to an aromatic ring is 1. The van der Waals surface area contributed by atoms with Crippen LogP contribution in [-0.4, -0.2) is 23.3 Å². The van der Waals surface area contributed by atoms with Crippen LogP contribution in [0.15, 0.2) is 41.8 Å². The quantitative estimate of drug-likeness (QED) is 0.816. The van der Waals surface area contributed by atoms with Crippen LogP contribution in [0.4, 0.5) is 5.69 Å². The van der Waals surface area contributed by atoms with Crippen molar-refractivity contribution in [2.24, 2.45) is 5.73 Å². The molecule has 104 valence electrons. The van der Waals surface area contributed by atoms with Gasteiger partial charge in [-0.2, -0.15) is 0 Å². The minimum absolute atomic E-state index is 0.134. The number of thiophene rings is 1. The maximum Gasteiger partial charge on any atom is 0.264 e. The summed E-state index contributed by atoms with van der Waals surface area (Å²) in [7, 11) is 0. The average Bonchev–Trinajstić information content (AvgIpc) is 2.93. The normalized spacial score (nSPS) is 10.2. The zero-order chi connectivity index (χ0) is 14.5. The third kappa shape index (κ3) is 3.36. The molecule has 0 radical (unpaired) electrons. The Labute approximate surface area is 120 Å². The van der Waals surface area contributed by atoms with Gasteiger partial charge in [-0.1, -0.05) is 24.3 Å². The lowest BCUT2D eigenvalue weighted by Crippen LogP contribution is -2.37. The fourth-order valence-electron chi connectivity index (χ4n) is 1.83. The number of rotatable bonds is 5. The number of para-hydroxylation sites is 1. The first-order valence-corrected chi connectivity index (χ1v) is 6.90. The Hall–Kier alpha value is -2.34. The van der Waals surface area contributed by atoms with Gasteiger partial charge in [0.25, 0.3) is 5.91 Å². The van der Waals surface area contributed by atoms with Crippen molar-refractivity contribution in [3.63, 3.8) is 0 Å². The molecule has 0 aliphatic heterocycles. The summed E-state index contributed by atoms with van der Waals surface area (Å²) in [5.41, 5.74) is 12.5. The second-order valence-corrected chi connectivity index (χ2v) is 5.25. The van der Waals surface area contributed by atoms with E-state index in [1.807, 2.05) is 23.6 Å². The fraction of sp³-hybridized carbons (Fsp3) is 0.143. The van der Waals surface area contributed by atoms with Gasteiger partial charge in [0.05, 0.1) is 4.88 Å². The molecule has 20 heavy (non-hydrogen) atoms. The number of carbonyl (C=O) groups excluding carboxylic acids is 2. The molecule has 5 nitrogen and oxygen atoms in total. The number of primary amides is 1. The topological polar surface area (TPSA) is 89.4 Å². The molecular formula is C14H15N3O2S. The molecule has 1 aromatic carbocycles. The fourth-order valence-corrected chi connectivity index (χ4v) is 2.52. The van der Waals surface area contributed by atoms with Crippen LogP contribution >= 0.6 is 11.3 Å². The molecule has 0 aliphatic rings. The lowest BCUT2D eigenvalue weighted by atomic mass is 10.1. The third-order valence-corrected chi connectivity index (χ3v) is 3.64. The highest BCUT2D eigenvalue weighted by atomic mass is 32.1. The Bertz CT molecular complexity index is 611. The first-order chi connectivity index (χ1) is 9.58. The van der Waals surface area contributed by atoms with E-state index < -0.39 is 5.91 Å². The second kappa shape index (κ2) is 6.21. The minimum atomic E-state index is -0.551. The van der Waals surface area contributed by atoms with Crippen LogP contribution < -0.4 is 11.5 Å². The highest BCUT2D eigenvalue weighted by Crippen LogP contribution is 2.17. The van der Waals surface area contributed by atoms with Crippen LogP contribution in [0.5, 0.6) is 0 Å². The molecule has 2 rings (SSSR count). The zero-order valence-corrected chi connectivity index (χ0v) is 11.6. The van der Waals surface area contributed by atoms with Crippen LogP contribution in [0.3, 0.4) is 0 Å². The van der Waals surface area contributed by atoms with Gasteiger partial charge < -0.3 is 16.4 Å². The van der Waals surface area contributed by atoms with E-state index in [2.05, 4.69) is 0 Å². The van der Waals surface area contributed by atoms with Gasteiger partial charge in [-0.05, 0) is 23.1 Å². The molecule has 2 aromatic rings. The largest absolute Gasteiger partial charge is 0.398 e.